The van der Waals surface area contributed by atoms with E-state index in [-0.39, 0.29) is 17.2 Å². The van der Waals surface area contributed by atoms with Crippen molar-refractivity contribution in [3.8, 4) is 0 Å². The number of carbonyl (C=O) groups is 1. The molecule has 3 N–H and O–H groups in total. The van der Waals surface area contributed by atoms with E-state index in [1.807, 2.05) is 0 Å². The van der Waals surface area contributed by atoms with Crippen LogP contribution in [0.3, 0.4) is 0 Å². The summed E-state index contributed by atoms with van der Waals surface area (Å²) in [7, 11) is 0. The van der Waals surface area contributed by atoms with Crippen molar-refractivity contribution < 1.29 is 9.72 Å². The lowest BCUT2D eigenvalue weighted by molar-refractivity contribution is -0.385. The van der Waals surface area contributed by atoms with Gasteiger partial charge in [0, 0.05) is 12.4 Å². The van der Waals surface area contributed by atoms with Gasteiger partial charge in [0.25, 0.3) is 11.6 Å². The second-order valence-electron chi connectivity index (χ2n) is 3.43. The lowest BCUT2D eigenvalue weighted by Crippen LogP contribution is -2.15. The number of amides is 1. The molecule has 0 spiro atoms. The van der Waals surface area contributed by atoms with Crippen molar-refractivity contribution in [2.45, 2.75) is 0 Å². The molecule has 0 aliphatic carbocycles. The van der Waals surface area contributed by atoms with Crippen molar-refractivity contribution in [1.82, 2.24) is 15.0 Å². The third kappa shape index (κ3) is 2.77. The van der Waals surface area contributed by atoms with E-state index in [0.717, 1.165) is 12.3 Å². The highest BCUT2D eigenvalue weighted by Gasteiger charge is 2.21. The summed E-state index contributed by atoms with van der Waals surface area (Å²) >= 11 is 0. The van der Waals surface area contributed by atoms with Crippen LogP contribution in [0.4, 0.5) is 17.3 Å². The van der Waals surface area contributed by atoms with Crippen molar-refractivity contribution in [2.75, 3.05) is 11.1 Å². The van der Waals surface area contributed by atoms with Crippen LogP contribution in [0.1, 0.15) is 10.4 Å². The predicted molar refractivity (Wildman–Crippen MR) is 65.3 cm³/mol. The molecule has 0 radical (unpaired) electrons. The Morgan fingerprint density at radius 2 is 2.11 bits per heavy atom. The number of nitrogen functional groups attached to an aromatic ring is 1. The van der Waals surface area contributed by atoms with Crippen LogP contribution in [0.15, 0.2) is 30.9 Å². The number of nitrogens with one attached hydrogen (secondary N) is 1. The minimum atomic E-state index is -0.710. The maximum absolute atomic E-state index is 11.9. The molecule has 0 aliphatic heterocycles. The van der Waals surface area contributed by atoms with Gasteiger partial charge in [0.15, 0.2) is 5.82 Å². The Labute approximate surface area is 106 Å². The van der Waals surface area contributed by atoms with Crippen LogP contribution in [0.2, 0.25) is 0 Å². The molecule has 2 rings (SSSR count). The Balaban J connectivity index is 2.33. The number of rotatable bonds is 3. The number of nitrogens with two attached hydrogens (primary N) is 1. The summed E-state index contributed by atoms with van der Waals surface area (Å²) in [6, 6.07) is 1.13. The molecule has 1 amide bonds. The van der Waals surface area contributed by atoms with E-state index in [2.05, 4.69) is 20.3 Å². The topological polar surface area (TPSA) is 137 Å². The second-order valence-corrected chi connectivity index (χ2v) is 3.43. The maximum atomic E-state index is 11.9. The smallest absolute Gasteiger partial charge is 0.300 e. The number of hydrogen-bond donors (Lipinski definition) is 2. The minimum absolute atomic E-state index is 0.00916. The van der Waals surface area contributed by atoms with Crippen molar-refractivity contribution in [2.24, 2.45) is 0 Å². The average molecular weight is 260 g/mol. The minimum Gasteiger partial charge on any atom is -0.384 e. The first kappa shape index (κ1) is 12.4. The Hall–Kier alpha value is -3.10. The van der Waals surface area contributed by atoms with E-state index in [9.17, 15) is 14.9 Å². The summed E-state index contributed by atoms with van der Waals surface area (Å²) in [5.41, 5.74) is 4.79. The number of hydrogen-bond acceptors (Lipinski definition) is 7. The van der Waals surface area contributed by atoms with E-state index in [1.165, 1.54) is 18.6 Å². The predicted octanol–water partition coefficient (Wildman–Crippen LogP) is 0.614. The Morgan fingerprint density at radius 1 is 1.32 bits per heavy atom. The summed E-state index contributed by atoms with van der Waals surface area (Å²) < 4.78 is 0. The molecule has 0 bridgehead atoms. The SMILES string of the molecule is Nc1cc(C(=O)Nc2cnccn2)c([N+](=O)[O-])cn1. The van der Waals surface area contributed by atoms with Crippen LogP contribution >= 0.6 is 0 Å². The van der Waals surface area contributed by atoms with Crippen molar-refractivity contribution in [1.29, 1.82) is 0 Å². The number of nitrogens with zero attached hydrogens (tertiary/aromatic N) is 4. The molecule has 2 heterocycles. The average Bonchev–Trinajstić information content (AvgIpc) is 2.39. The standard InChI is InChI=1S/C10H8N6O3/c11-8-3-6(7(4-14-8)16(18)19)10(17)15-9-5-12-1-2-13-9/h1-5H,(H2,11,14)(H,13,15,17). The molecule has 0 fully saturated rings. The highest BCUT2D eigenvalue weighted by molar-refractivity contribution is 6.06. The Morgan fingerprint density at radius 3 is 2.74 bits per heavy atom. The van der Waals surface area contributed by atoms with Crippen LogP contribution in [-0.4, -0.2) is 25.8 Å². The molecular weight excluding hydrogens is 252 g/mol. The van der Waals surface area contributed by atoms with Crippen LogP contribution in [0.5, 0.6) is 0 Å². The first-order valence-corrected chi connectivity index (χ1v) is 5.05. The first-order chi connectivity index (χ1) is 9.08. The van der Waals surface area contributed by atoms with Gasteiger partial charge in [-0.3, -0.25) is 19.9 Å². The van der Waals surface area contributed by atoms with Crippen molar-refractivity contribution >= 4 is 23.2 Å². The Kier molecular flexibility index (Phi) is 3.28. The third-order valence-electron chi connectivity index (χ3n) is 2.15. The van der Waals surface area contributed by atoms with Gasteiger partial charge < -0.3 is 11.1 Å². The number of aromatic nitrogens is 3. The fraction of sp³-hybridized carbons (Fsp3) is 0. The largest absolute Gasteiger partial charge is 0.384 e. The highest BCUT2D eigenvalue weighted by atomic mass is 16.6. The maximum Gasteiger partial charge on any atom is 0.300 e. The first-order valence-electron chi connectivity index (χ1n) is 5.05. The van der Waals surface area contributed by atoms with Gasteiger partial charge >= 0.3 is 0 Å². The summed E-state index contributed by atoms with van der Waals surface area (Å²) in [6.07, 6.45) is 5.06. The van der Waals surface area contributed by atoms with E-state index in [0.29, 0.717) is 0 Å². The van der Waals surface area contributed by atoms with E-state index in [1.54, 1.807) is 0 Å². The molecule has 0 aromatic carbocycles. The normalized spacial score (nSPS) is 9.89. The second kappa shape index (κ2) is 5.04. The van der Waals surface area contributed by atoms with E-state index in [4.69, 9.17) is 5.73 Å². The van der Waals surface area contributed by atoms with Crippen LogP contribution in [0, 0.1) is 10.1 Å². The van der Waals surface area contributed by atoms with Gasteiger partial charge in [-0.2, -0.15) is 0 Å². The molecule has 0 aliphatic rings. The quantitative estimate of drug-likeness (QED) is 0.609. The van der Waals surface area contributed by atoms with E-state index >= 15 is 0 Å². The molecule has 96 valence electrons. The van der Waals surface area contributed by atoms with Gasteiger partial charge in [-0.1, -0.05) is 0 Å². The zero-order valence-electron chi connectivity index (χ0n) is 9.48. The van der Waals surface area contributed by atoms with Gasteiger partial charge in [-0.15, -0.1) is 0 Å². The number of carbonyl (C=O) groups excluding carboxylic acids is 1. The van der Waals surface area contributed by atoms with Crippen molar-refractivity contribution in [3.05, 3.63) is 46.5 Å². The lowest BCUT2D eigenvalue weighted by atomic mass is 10.2. The van der Waals surface area contributed by atoms with Crippen LogP contribution < -0.4 is 11.1 Å². The monoisotopic (exact) mass is 260 g/mol. The summed E-state index contributed by atoms with van der Waals surface area (Å²) in [6.45, 7) is 0. The molecule has 0 unspecified atom stereocenters. The number of anilines is 2. The molecule has 0 saturated heterocycles. The van der Waals surface area contributed by atoms with Gasteiger partial charge in [-0.05, 0) is 6.07 Å². The van der Waals surface area contributed by atoms with Crippen molar-refractivity contribution in [3.63, 3.8) is 0 Å². The summed E-state index contributed by atoms with van der Waals surface area (Å²) in [5, 5.41) is 13.2. The summed E-state index contributed by atoms with van der Waals surface area (Å²) in [4.78, 5) is 33.2. The molecular formula is C10H8N6O3. The number of nitro groups is 1. The molecule has 19 heavy (non-hydrogen) atoms. The van der Waals surface area contributed by atoms with E-state index < -0.39 is 16.5 Å². The highest BCUT2D eigenvalue weighted by Crippen LogP contribution is 2.19. The fourth-order valence-corrected chi connectivity index (χ4v) is 1.34. The molecule has 9 heteroatoms. The van der Waals surface area contributed by atoms with Crippen LogP contribution in [-0.2, 0) is 0 Å². The summed E-state index contributed by atoms with van der Waals surface area (Å²) in [5.74, 6) is -0.520. The fourth-order valence-electron chi connectivity index (χ4n) is 1.34. The molecule has 0 atom stereocenters. The molecule has 9 nitrogen and oxygen atoms in total. The lowest BCUT2D eigenvalue weighted by Gasteiger charge is -2.04. The molecule has 2 aromatic rings. The van der Waals surface area contributed by atoms with Gasteiger partial charge in [0.05, 0.1) is 11.1 Å². The van der Waals surface area contributed by atoms with Crippen LogP contribution in [0.25, 0.3) is 0 Å². The number of pyridine rings is 1. The van der Waals surface area contributed by atoms with Gasteiger partial charge in [-0.25, -0.2) is 9.97 Å². The molecule has 2 aromatic heterocycles. The zero-order valence-corrected chi connectivity index (χ0v) is 9.48. The van der Waals surface area contributed by atoms with Gasteiger partial charge in [0.2, 0.25) is 0 Å². The molecule has 0 saturated carbocycles. The zero-order chi connectivity index (χ0) is 13.8. The Bertz CT molecular complexity index is 630. The van der Waals surface area contributed by atoms with Gasteiger partial charge in [0.1, 0.15) is 17.6 Å². The third-order valence-corrected chi connectivity index (χ3v) is 2.15.